The van der Waals surface area contributed by atoms with Crippen molar-refractivity contribution in [2.24, 2.45) is 5.73 Å². The van der Waals surface area contributed by atoms with Crippen LogP contribution in [0, 0.1) is 0 Å². The molecule has 25 heteroatoms. The minimum Gasteiger partial charge on any atom is -0.479 e. The van der Waals surface area contributed by atoms with Crippen molar-refractivity contribution in [2.75, 3.05) is 13.2 Å². The molecule has 0 spiro atoms. The lowest BCUT2D eigenvalue weighted by Gasteiger charge is -2.50. The summed E-state index contributed by atoms with van der Waals surface area (Å²) in [4.78, 5) is 49.1. The molecule has 0 bridgehead atoms. The monoisotopic (exact) mass is 848 g/mol. The number of rotatable bonds is 14. The summed E-state index contributed by atoms with van der Waals surface area (Å²) in [7, 11) is 0. The van der Waals surface area contributed by atoms with E-state index in [1.807, 2.05) is 0 Å². The third kappa shape index (κ3) is 11.1. The molecule has 8 unspecified atom stereocenters. The molecule has 4 heterocycles. The van der Waals surface area contributed by atoms with Crippen LogP contribution in [0.15, 0.2) is 0 Å². The number of hydrogen-bond acceptors (Lipinski definition) is 19. The van der Waals surface area contributed by atoms with Crippen molar-refractivity contribution in [2.45, 2.75) is 170 Å². The number of amides is 3. The topological polar surface area (TPSA) is 346 Å². The molecule has 3 amide bonds. The molecule has 4 rings (SSSR count). The summed E-state index contributed by atoms with van der Waals surface area (Å²) in [5, 5.41) is 83.0. The zero-order chi connectivity index (χ0) is 43.5. The summed E-state index contributed by atoms with van der Waals surface area (Å²) in [6, 6.07) is -4.67. The number of carbonyl (C=O) groups is 4. The van der Waals surface area contributed by atoms with Gasteiger partial charge in [-0.15, -0.1) is 0 Å². The fourth-order valence-electron chi connectivity index (χ4n) is 6.94. The van der Waals surface area contributed by atoms with Crippen LogP contribution in [0.5, 0.6) is 0 Å². The minimum absolute atomic E-state index is 0.707. The number of alkyl halides is 2. The summed E-state index contributed by atoms with van der Waals surface area (Å²) in [5.41, 5.74) is 5.13. The molecule has 0 aromatic heterocycles. The fourth-order valence-corrected chi connectivity index (χ4v) is 6.94. The molecule has 0 radical (unpaired) electrons. The average molecular weight is 849 g/mol. The smallest absolute Gasteiger partial charge is 0.335 e. The van der Waals surface area contributed by atoms with Crippen molar-refractivity contribution >= 4 is 23.7 Å². The van der Waals surface area contributed by atoms with E-state index in [9.17, 15) is 63.7 Å². The Morgan fingerprint density at radius 2 is 1.00 bits per heavy atom. The van der Waals surface area contributed by atoms with Gasteiger partial charge in [-0.3, -0.25) is 14.4 Å². The summed E-state index contributed by atoms with van der Waals surface area (Å²) in [5.74, 6) is -7.51. The van der Waals surface area contributed by atoms with Crippen molar-refractivity contribution < 1.29 is 102 Å². The molecule has 4 saturated heterocycles. The quantitative estimate of drug-likeness (QED) is 0.0776. The number of carbonyl (C=O) groups excluding carboxylic acids is 3. The Hall–Kier alpha value is -2.86. The van der Waals surface area contributed by atoms with Gasteiger partial charge in [0.05, 0.1) is 24.9 Å². The van der Waals surface area contributed by atoms with Crippen LogP contribution in [0.1, 0.15) is 41.5 Å². The van der Waals surface area contributed by atoms with Gasteiger partial charge in [0.25, 0.3) is 5.92 Å². The van der Waals surface area contributed by atoms with Crippen molar-refractivity contribution in [1.82, 2.24) is 16.0 Å². The van der Waals surface area contributed by atoms with Crippen LogP contribution >= 0.6 is 0 Å². The maximum Gasteiger partial charge on any atom is 0.335 e. The molecular weight excluding hydrogens is 794 g/mol. The van der Waals surface area contributed by atoms with Crippen LogP contribution in [0.2, 0.25) is 0 Å². The van der Waals surface area contributed by atoms with Gasteiger partial charge in [0.15, 0.2) is 31.3 Å². The molecule has 0 aromatic carbocycles. The largest absolute Gasteiger partial charge is 0.479 e. The van der Waals surface area contributed by atoms with E-state index in [2.05, 4.69) is 16.0 Å². The van der Waals surface area contributed by atoms with Crippen molar-refractivity contribution in [1.29, 1.82) is 0 Å². The second-order valence-electron chi connectivity index (χ2n) is 14.7. The minimum atomic E-state index is -3.52. The molecule has 0 saturated carbocycles. The van der Waals surface area contributed by atoms with E-state index in [1.54, 1.807) is 0 Å². The highest BCUT2D eigenvalue weighted by Crippen LogP contribution is 2.35. The maximum atomic E-state index is 14.1. The van der Waals surface area contributed by atoms with Gasteiger partial charge in [-0.2, -0.15) is 0 Å². The second kappa shape index (κ2) is 19.7. The number of hydrogen-bond donors (Lipinski definition) is 11. The highest BCUT2D eigenvalue weighted by molar-refractivity contribution is 5.74. The standard InChI is InChI=1S/C33H54F2N4O19/c1-9-18(43)21(46)15(37-12(4)40)30(53-9)58-27-23(48)22(47)26(28(49)50)57-32(27)56-25-17(39-14(6)42)31(54-11(3)20(25)45)55-24-16(38-13(5)41)29(52-10(2)19(24)44)51-8-33(34,35)7-36/h9-11,15-27,29-32,43-48H,7-8,36H2,1-6H3,(H,37,40)(H,38,41)(H,39,42)(H,49,50)/t9?,10?,11?,15-,16-,17-,18+,19-,20+,21?,22-,23?,24?,25?,26?,27-,29+,30-,31-,32+/m0/s1. The third-order valence-corrected chi connectivity index (χ3v) is 10.00. The molecule has 20 atom stereocenters. The molecule has 58 heavy (non-hydrogen) atoms. The zero-order valence-electron chi connectivity index (χ0n) is 32.3. The number of nitrogens with two attached hydrogens (primary N) is 1. The molecule has 23 nitrogen and oxygen atoms in total. The number of carboxylic acid groups (broad SMARTS) is 1. The number of carboxylic acids is 1. The van der Waals surface area contributed by atoms with Crippen LogP contribution in [0.25, 0.3) is 0 Å². The molecule has 0 aromatic rings. The first-order chi connectivity index (χ1) is 27.0. The van der Waals surface area contributed by atoms with E-state index < -0.39 is 165 Å². The number of halogens is 2. The van der Waals surface area contributed by atoms with Gasteiger partial charge in [0, 0.05) is 20.8 Å². The van der Waals surface area contributed by atoms with Crippen LogP contribution in [0.4, 0.5) is 8.78 Å². The van der Waals surface area contributed by atoms with E-state index >= 15 is 0 Å². The summed E-state index contributed by atoms with van der Waals surface area (Å²) in [6.45, 7) is 4.88. The lowest BCUT2D eigenvalue weighted by Crippen LogP contribution is -2.71. The molecule has 12 N–H and O–H groups in total. The Morgan fingerprint density at radius 1 is 0.586 bits per heavy atom. The van der Waals surface area contributed by atoms with Crippen LogP contribution < -0.4 is 21.7 Å². The normalized spacial score (nSPS) is 43.6. The molecular formula is C33H54F2N4O19. The zero-order valence-corrected chi connectivity index (χ0v) is 32.3. The Labute approximate surface area is 330 Å². The van der Waals surface area contributed by atoms with Gasteiger partial charge in [-0.05, 0) is 20.8 Å². The highest BCUT2D eigenvalue weighted by Gasteiger charge is 2.57. The van der Waals surface area contributed by atoms with Crippen LogP contribution in [-0.4, -0.2) is 201 Å². The first-order valence-electron chi connectivity index (χ1n) is 18.4. The third-order valence-electron chi connectivity index (χ3n) is 10.00. The Bertz CT molecular complexity index is 1440. The second-order valence-corrected chi connectivity index (χ2v) is 14.7. The predicted octanol–water partition coefficient (Wildman–Crippen LogP) is -5.52. The maximum absolute atomic E-state index is 14.1. The Balaban J connectivity index is 1.71. The molecule has 0 aliphatic carbocycles. The van der Waals surface area contributed by atoms with Crippen molar-refractivity contribution in [3.05, 3.63) is 0 Å². The molecule has 334 valence electrons. The van der Waals surface area contributed by atoms with Crippen LogP contribution in [0.3, 0.4) is 0 Å². The summed E-state index contributed by atoms with van der Waals surface area (Å²) >= 11 is 0. The Morgan fingerprint density at radius 3 is 1.48 bits per heavy atom. The van der Waals surface area contributed by atoms with Gasteiger partial charge in [0.2, 0.25) is 17.7 Å². The Kier molecular flexibility index (Phi) is 16.2. The lowest BCUT2D eigenvalue weighted by molar-refractivity contribution is -0.373. The van der Waals surface area contributed by atoms with Crippen molar-refractivity contribution in [3.8, 4) is 0 Å². The van der Waals surface area contributed by atoms with Gasteiger partial charge >= 0.3 is 5.97 Å². The number of aliphatic carboxylic acids is 1. The van der Waals surface area contributed by atoms with E-state index in [1.165, 1.54) is 20.8 Å². The molecule has 4 aliphatic rings. The van der Waals surface area contributed by atoms with E-state index in [0.29, 0.717) is 0 Å². The number of ether oxygens (including phenoxy) is 8. The summed E-state index contributed by atoms with van der Waals surface area (Å²) < 4.78 is 74.4. The first kappa shape index (κ1) is 47.8. The summed E-state index contributed by atoms with van der Waals surface area (Å²) in [6.07, 6.45) is -29.4. The average Bonchev–Trinajstić information content (AvgIpc) is 3.13. The number of aliphatic hydroxyl groups is 6. The van der Waals surface area contributed by atoms with Crippen molar-refractivity contribution in [3.63, 3.8) is 0 Å². The fraction of sp³-hybridized carbons (Fsp3) is 0.879. The first-order valence-corrected chi connectivity index (χ1v) is 18.4. The SMILES string of the molecule is CC(=O)N[C@H]1C(O)[C@H](O)C(C)O[C@H]1O[C@H]1C(O)[C@H](O)C(C(=O)O)O[C@H]1OC1[C@H](O)C(C)O[C@@H](OC2[C@@H](O)C(C)O[C@@H](OCC(F)(F)CN)[C@H]2NC(C)=O)[C@H]1NC(C)=O. The predicted molar refractivity (Wildman–Crippen MR) is 183 cm³/mol. The lowest BCUT2D eigenvalue weighted by atomic mass is 9.94. The highest BCUT2D eigenvalue weighted by atomic mass is 19.3. The molecule has 4 fully saturated rings. The van der Waals surface area contributed by atoms with Gasteiger partial charge in [0.1, 0.15) is 79.7 Å². The number of nitrogens with one attached hydrogen (secondary N) is 3. The van der Waals surface area contributed by atoms with Gasteiger partial charge in [-0.1, -0.05) is 0 Å². The van der Waals surface area contributed by atoms with Gasteiger partial charge in [-0.25, -0.2) is 13.6 Å². The van der Waals surface area contributed by atoms with E-state index in [0.717, 1.165) is 20.8 Å². The molecule has 4 aliphatic heterocycles. The van der Waals surface area contributed by atoms with E-state index in [4.69, 9.17) is 43.6 Å². The number of aliphatic hydroxyl groups excluding tert-OH is 6. The van der Waals surface area contributed by atoms with Crippen LogP contribution in [-0.2, 0) is 57.1 Å². The van der Waals surface area contributed by atoms with Gasteiger partial charge < -0.3 is 95.3 Å². The van der Waals surface area contributed by atoms with E-state index in [-0.39, 0.29) is 0 Å².